The van der Waals surface area contributed by atoms with E-state index in [9.17, 15) is 32.1 Å². The minimum absolute atomic E-state index is 0.0687. The number of carbonyl (C=O) groups excluding carboxylic acids is 3. The van der Waals surface area contributed by atoms with E-state index in [1.165, 1.54) is 4.90 Å². The van der Waals surface area contributed by atoms with Gasteiger partial charge in [0.25, 0.3) is 5.91 Å². The molecule has 1 aliphatic heterocycles. The largest absolute Gasteiger partial charge is 0.530 e. The molecule has 0 radical (unpaired) electrons. The number of phosphoric ester groups is 1. The summed E-state index contributed by atoms with van der Waals surface area (Å²) >= 11 is 0. The van der Waals surface area contributed by atoms with Gasteiger partial charge >= 0.3 is 20.0 Å². The summed E-state index contributed by atoms with van der Waals surface area (Å²) in [5, 5.41) is 2.60. The summed E-state index contributed by atoms with van der Waals surface area (Å²) in [6, 6.07) is 37.7. The highest BCUT2D eigenvalue weighted by Gasteiger charge is 2.38. The molecule has 5 aromatic carbocycles. The standard InChI is InChI=1S/C50H53F3N3O8P/c1-6-38(26-27-50(51,52)53)47(58)55-46-48(59)56(41-25-17-16-24-40(41)45(54-46)39-22-14-9-15-23-39)33-61-43(57)30-49(4,5)44-35(3)28-34(2)29-42(44)64-65(60,62-31-36-18-10-7-11-19-36)63-32-37-20-12-8-13-21-37/h7-25,28-29,38,46H,6,26-27,30-33H2,1-5H3,(H,55,58)/t38-,46+/m0/s1. The van der Waals surface area contributed by atoms with Gasteiger partial charge in [0.15, 0.2) is 6.73 Å². The Hall–Kier alpha value is -6.08. The van der Waals surface area contributed by atoms with E-state index in [1.54, 1.807) is 75.4 Å². The van der Waals surface area contributed by atoms with Crippen LogP contribution in [-0.2, 0) is 51.4 Å². The van der Waals surface area contributed by atoms with Gasteiger partial charge in [-0.1, -0.05) is 136 Å². The molecule has 1 aliphatic rings. The number of aliphatic imine (C=N–C) groups is 1. The summed E-state index contributed by atoms with van der Waals surface area (Å²) in [7, 11) is -4.33. The SMILES string of the molecule is CC[C@@H](CCC(F)(F)F)C(=O)N[C@H]1N=C(c2ccccc2)c2ccccc2N(COC(=O)CC(C)(C)c2c(C)cc(C)cc2OP(=O)(OCc2ccccc2)OCc2ccccc2)C1=O. The van der Waals surface area contributed by atoms with Gasteiger partial charge < -0.3 is 14.6 Å². The number of ether oxygens (including phenoxy) is 1. The number of para-hydroxylation sites is 1. The number of phosphoric acid groups is 1. The number of halogens is 3. The molecule has 2 amide bonds. The molecular formula is C50H53F3N3O8P. The predicted octanol–water partition coefficient (Wildman–Crippen LogP) is 11.1. The number of rotatable bonds is 19. The Morgan fingerprint density at radius 3 is 1.98 bits per heavy atom. The second-order valence-electron chi connectivity index (χ2n) is 16.5. The van der Waals surface area contributed by atoms with Crippen molar-refractivity contribution in [3.8, 4) is 5.75 Å². The third-order valence-corrected chi connectivity index (χ3v) is 12.2. The minimum atomic E-state index is -4.47. The summed E-state index contributed by atoms with van der Waals surface area (Å²) in [6.07, 6.45) is -7.81. The molecule has 1 N–H and O–H groups in total. The van der Waals surface area contributed by atoms with Gasteiger partial charge in [-0.25, -0.2) is 9.56 Å². The lowest BCUT2D eigenvalue weighted by molar-refractivity contribution is -0.146. The minimum Gasteiger partial charge on any atom is -0.444 e. The molecule has 0 saturated carbocycles. The zero-order chi connectivity index (χ0) is 46.8. The van der Waals surface area contributed by atoms with Crippen LogP contribution in [0.15, 0.2) is 132 Å². The number of aryl methyl sites for hydroxylation is 2. The van der Waals surface area contributed by atoms with E-state index in [0.717, 1.165) is 22.3 Å². The van der Waals surface area contributed by atoms with Crippen molar-refractivity contribution in [2.75, 3.05) is 11.6 Å². The second kappa shape index (κ2) is 21.3. The number of carbonyl (C=O) groups is 3. The molecular weight excluding hydrogens is 859 g/mol. The fourth-order valence-electron chi connectivity index (χ4n) is 7.76. The number of hydrogen-bond acceptors (Lipinski definition) is 9. The fourth-order valence-corrected chi connectivity index (χ4v) is 8.94. The molecule has 2 atom stereocenters. The summed E-state index contributed by atoms with van der Waals surface area (Å²) < 4.78 is 78.1. The Balaban J connectivity index is 1.26. The van der Waals surface area contributed by atoms with Crippen LogP contribution in [0.2, 0.25) is 0 Å². The maximum absolute atomic E-state index is 14.5. The van der Waals surface area contributed by atoms with Gasteiger partial charge in [0, 0.05) is 34.4 Å². The van der Waals surface area contributed by atoms with Gasteiger partial charge in [0.05, 0.1) is 31.0 Å². The highest BCUT2D eigenvalue weighted by atomic mass is 31.2. The average molecular weight is 912 g/mol. The first-order chi connectivity index (χ1) is 30.9. The van der Waals surface area contributed by atoms with Crippen molar-refractivity contribution in [1.29, 1.82) is 0 Å². The monoisotopic (exact) mass is 911 g/mol. The molecule has 6 rings (SSSR count). The maximum atomic E-state index is 14.5. The van der Waals surface area contributed by atoms with Gasteiger partial charge in [-0.05, 0) is 61.1 Å². The molecule has 0 bridgehead atoms. The average Bonchev–Trinajstić information content (AvgIpc) is 3.38. The number of esters is 1. The fraction of sp³-hybridized carbons (Fsp3) is 0.320. The van der Waals surface area contributed by atoms with Crippen LogP contribution in [-0.4, -0.2) is 42.6 Å². The molecule has 0 unspecified atom stereocenters. The zero-order valence-electron chi connectivity index (χ0n) is 37.0. The Morgan fingerprint density at radius 1 is 0.831 bits per heavy atom. The van der Waals surface area contributed by atoms with Crippen LogP contribution in [0.4, 0.5) is 18.9 Å². The van der Waals surface area contributed by atoms with Crippen LogP contribution in [0.1, 0.15) is 85.4 Å². The molecule has 342 valence electrons. The van der Waals surface area contributed by atoms with Gasteiger partial charge in [-0.2, -0.15) is 13.2 Å². The number of alkyl halides is 3. The highest BCUT2D eigenvalue weighted by molar-refractivity contribution is 7.48. The third-order valence-electron chi connectivity index (χ3n) is 10.9. The lowest BCUT2D eigenvalue weighted by Crippen LogP contribution is -2.49. The molecule has 0 saturated heterocycles. The Bertz CT molecular complexity index is 2470. The van der Waals surface area contributed by atoms with Crippen molar-refractivity contribution in [3.63, 3.8) is 0 Å². The number of nitrogens with zero attached hydrogens (tertiary/aromatic N) is 2. The van der Waals surface area contributed by atoms with Crippen molar-refractivity contribution in [3.05, 3.63) is 166 Å². The Kier molecular flexibility index (Phi) is 15.8. The number of benzodiazepines with no additional fused rings is 1. The smallest absolute Gasteiger partial charge is 0.444 e. The Labute approximate surface area is 377 Å². The topological polar surface area (TPSA) is 133 Å². The van der Waals surface area contributed by atoms with Crippen molar-refractivity contribution in [2.45, 2.75) is 91.3 Å². The van der Waals surface area contributed by atoms with Gasteiger partial charge in [-0.15, -0.1) is 0 Å². The van der Waals surface area contributed by atoms with Gasteiger partial charge in [0.1, 0.15) is 5.75 Å². The van der Waals surface area contributed by atoms with Crippen molar-refractivity contribution >= 4 is 37.0 Å². The number of hydrogen-bond donors (Lipinski definition) is 1. The molecule has 0 aromatic heterocycles. The first-order valence-electron chi connectivity index (χ1n) is 21.3. The maximum Gasteiger partial charge on any atom is 0.530 e. The number of anilines is 1. The highest BCUT2D eigenvalue weighted by Crippen LogP contribution is 2.53. The Morgan fingerprint density at radius 2 is 1.40 bits per heavy atom. The van der Waals surface area contributed by atoms with E-state index in [4.69, 9.17) is 23.3 Å². The van der Waals surface area contributed by atoms with Gasteiger partial charge in [-0.3, -0.25) is 28.3 Å². The quantitative estimate of drug-likeness (QED) is 0.0640. The molecule has 65 heavy (non-hydrogen) atoms. The molecule has 0 aliphatic carbocycles. The number of nitrogens with one attached hydrogen (secondary N) is 1. The van der Waals surface area contributed by atoms with Crippen molar-refractivity contribution < 1.29 is 50.4 Å². The lowest BCUT2D eigenvalue weighted by atomic mass is 9.78. The second-order valence-corrected chi connectivity index (χ2v) is 18.1. The first kappa shape index (κ1) is 48.4. The number of amides is 2. The van der Waals surface area contributed by atoms with E-state index in [1.807, 2.05) is 86.6 Å². The molecule has 5 aromatic rings. The van der Waals surface area contributed by atoms with E-state index >= 15 is 0 Å². The number of fused-ring (bicyclic) bond motifs is 1. The molecule has 15 heteroatoms. The van der Waals surface area contributed by atoms with Crippen LogP contribution in [0, 0.1) is 19.8 Å². The van der Waals surface area contributed by atoms with Crippen molar-refractivity contribution in [1.82, 2.24) is 5.32 Å². The first-order valence-corrected chi connectivity index (χ1v) is 22.8. The van der Waals surface area contributed by atoms with E-state index in [-0.39, 0.29) is 31.8 Å². The van der Waals surface area contributed by atoms with Crippen LogP contribution in [0.25, 0.3) is 0 Å². The van der Waals surface area contributed by atoms with Crippen molar-refractivity contribution in [2.24, 2.45) is 10.9 Å². The van der Waals surface area contributed by atoms with E-state index in [0.29, 0.717) is 28.1 Å². The lowest BCUT2D eigenvalue weighted by Gasteiger charge is -2.31. The number of benzene rings is 5. The zero-order valence-corrected chi connectivity index (χ0v) is 37.9. The summed E-state index contributed by atoms with van der Waals surface area (Å²) in [5.41, 5.74) is 4.32. The molecule has 0 spiro atoms. The van der Waals surface area contributed by atoms with Crippen LogP contribution in [0.5, 0.6) is 5.75 Å². The summed E-state index contributed by atoms with van der Waals surface area (Å²) in [4.78, 5) is 47.9. The normalized spacial score (nSPS) is 14.8. The molecule has 1 heterocycles. The third kappa shape index (κ3) is 13.0. The van der Waals surface area contributed by atoms with Crippen LogP contribution >= 0.6 is 7.82 Å². The predicted molar refractivity (Wildman–Crippen MR) is 242 cm³/mol. The summed E-state index contributed by atoms with van der Waals surface area (Å²) in [6.45, 7) is 8.19. The molecule has 11 nitrogen and oxygen atoms in total. The van der Waals surface area contributed by atoms with E-state index in [2.05, 4.69) is 5.32 Å². The molecule has 0 fully saturated rings. The van der Waals surface area contributed by atoms with Crippen LogP contribution in [0.3, 0.4) is 0 Å². The van der Waals surface area contributed by atoms with Gasteiger partial charge in [0.2, 0.25) is 12.1 Å². The summed E-state index contributed by atoms with van der Waals surface area (Å²) in [5.74, 6) is -3.09. The van der Waals surface area contributed by atoms with Crippen LogP contribution < -0.4 is 14.7 Å². The van der Waals surface area contributed by atoms with E-state index < -0.39 is 68.9 Å².